The predicted octanol–water partition coefficient (Wildman–Crippen LogP) is 2.36. The third-order valence-electron chi connectivity index (χ3n) is 4.51. The summed E-state index contributed by atoms with van der Waals surface area (Å²) in [5.74, 6) is 0.124. The van der Waals surface area contributed by atoms with Crippen molar-refractivity contribution in [3.63, 3.8) is 0 Å². The van der Waals surface area contributed by atoms with E-state index in [-0.39, 0.29) is 6.42 Å². The van der Waals surface area contributed by atoms with E-state index in [9.17, 15) is 14.4 Å². The number of primary amides is 1. The highest BCUT2D eigenvalue weighted by Gasteiger charge is 2.19. The van der Waals surface area contributed by atoms with Crippen LogP contribution in [0.3, 0.4) is 0 Å². The molecule has 0 bridgehead atoms. The monoisotopic (exact) mass is 463 g/mol. The quantitative estimate of drug-likeness (QED) is 0.439. The van der Waals surface area contributed by atoms with Crippen LogP contribution in [0.5, 0.6) is 11.5 Å². The van der Waals surface area contributed by atoms with Gasteiger partial charge >= 0.3 is 12.0 Å². The maximum Gasteiger partial charge on any atom is 0.312 e. The molecule has 0 spiro atoms. The lowest BCUT2D eigenvalue weighted by Gasteiger charge is -2.17. The average Bonchev–Trinajstić information content (AvgIpc) is 2.77. The van der Waals surface area contributed by atoms with E-state index in [1.165, 1.54) is 0 Å². The van der Waals surface area contributed by atoms with Crippen molar-refractivity contribution in [3.05, 3.63) is 58.6 Å². The Balaban J connectivity index is 1.79. The second kappa shape index (κ2) is 12.4. The van der Waals surface area contributed by atoms with Crippen LogP contribution >= 0.6 is 11.6 Å². The van der Waals surface area contributed by atoms with Crippen molar-refractivity contribution in [2.75, 3.05) is 27.4 Å². The lowest BCUT2D eigenvalue weighted by molar-refractivity contribution is -0.149. The van der Waals surface area contributed by atoms with Crippen molar-refractivity contribution in [1.82, 2.24) is 10.6 Å². The van der Waals surface area contributed by atoms with Gasteiger partial charge in [-0.05, 0) is 41.8 Å². The number of urea groups is 1. The first kappa shape index (κ1) is 24.8. The van der Waals surface area contributed by atoms with Gasteiger partial charge in [-0.1, -0.05) is 29.8 Å². The maximum atomic E-state index is 12.2. The summed E-state index contributed by atoms with van der Waals surface area (Å²) in [6, 6.07) is 10.6. The smallest absolute Gasteiger partial charge is 0.312 e. The number of ether oxygens (including phenoxy) is 3. The predicted molar refractivity (Wildman–Crippen MR) is 119 cm³/mol. The maximum absolute atomic E-state index is 12.2. The molecule has 0 saturated heterocycles. The number of hydrogen-bond donors (Lipinski definition) is 3. The number of halogens is 1. The van der Waals surface area contributed by atoms with E-state index in [0.29, 0.717) is 35.1 Å². The first-order valence-corrected chi connectivity index (χ1v) is 10.1. The molecule has 10 heteroatoms. The molecule has 2 aromatic carbocycles. The van der Waals surface area contributed by atoms with Crippen LogP contribution in [0.25, 0.3) is 0 Å². The molecular formula is C22H26ClN3O6. The molecule has 0 aliphatic carbocycles. The minimum Gasteiger partial charge on any atom is -0.493 e. The van der Waals surface area contributed by atoms with Gasteiger partial charge in [0.15, 0.2) is 18.1 Å². The van der Waals surface area contributed by atoms with Gasteiger partial charge in [0.2, 0.25) is 0 Å². The molecular weight excluding hydrogens is 438 g/mol. The van der Waals surface area contributed by atoms with Crippen LogP contribution in [0.15, 0.2) is 42.5 Å². The number of esters is 1. The summed E-state index contributed by atoms with van der Waals surface area (Å²) in [4.78, 5) is 35.4. The van der Waals surface area contributed by atoms with E-state index >= 15 is 0 Å². The highest BCUT2D eigenvalue weighted by molar-refractivity contribution is 6.30. The molecule has 0 fully saturated rings. The van der Waals surface area contributed by atoms with Gasteiger partial charge in [-0.2, -0.15) is 0 Å². The second-order valence-corrected chi connectivity index (χ2v) is 7.20. The van der Waals surface area contributed by atoms with Gasteiger partial charge in [-0.25, -0.2) is 4.79 Å². The fraction of sp³-hybridized carbons (Fsp3) is 0.318. The van der Waals surface area contributed by atoms with Gasteiger partial charge in [0.05, 0.1) is 26.7 Å². The summed E-state index contributed by atoms with van der Waals surface area (Å²) < 4.78 is 15.5. The summed E-state index contributed by atoms with van der Waals surface area (Å²) in [5, 5.41) is 5.68. The highest BCUT2D eigenvalue weighted by Crippen LogP contribution is 2.27. The van der Waals surface area contributed by atoms with Crippen LogP contribution in [-0.2, 0) is 20.7 Å². The van der Waals surface area contributed by atoms with Crippen molar-refractivity contribution < 1.29 is 28.6 Å². The average molecular weight is 464 g/mol. The molecule has 32 heavy (non-hydrogen) atoms. The Bertz CT molecular complexity index is 936. The Morgan fingerprint density at radius 2 is 1.72 bits per heavy atom. The molecule has 1 atom stereocenters. The van der Waals surface area contributed by atoms with Gasteiger partial charge in [-0.3, -0.25) is 9.59 Å². The number of nitrogens with two attached hydrogens (primary N) is 1. The molecule has 9 nitrogen and oxygen atoms in total. The number of nitrogens with one attached hydrogen (secondary N) is 2. The fourth-order valence-corrected chi connectivity index (χ4v) is 3.05. The first-order valence-electron chi connectivity index (χ1n) is 9.77. The minimum absolute atomic E-state index is 0.191. The largest absolute Gasteiger partial charge is 0.493 e. The van der Waals surface area contributed by atoms with Crippen LogP contribution in [0.2, 0.25) is 5.02 Å². The number of benzene rings is 2. The van der Waals surface area contributed by atoms with Crippen LogP contribution in [0.4, 0.5) is 4.79 Å². The van der Waals surface area contributed by atoms with Gasteiger partial charge < -0.3 is 30.6 Å². The summed E-state index contributed by atoms with van der Waals surface area (Å²) in [6.45, 7) is -0.0861. The molecule has 2 rings (SSSR count). The molecule has 0 radical (unpaired) electrons. The van der Waals surface area contributed by atoms with Crippen molar-refractivity contribution in [2.45, 2.75) is 18.9 Å². The summed E-state index contributed by atoms with van der Waals surface area (Å²) in [5.41, 5.74) is 6.77. The first-order chi connectivity index (χ1) is 15.3. The molecule has 0 saturated carbocycles. The number of hydrogen-bond acceptors (Lipinski definition) is 6. The number of carbonyl (C=O) groups excluding carboxylic acids is 3. The lowest BCUT2D eigenvalue weighted by Crippen LogP contribution is -2.35. The lowest BCUT2D eigenvalue weighted by atomic mass is 10.0. The SMILES string of the molecule is COc1ccc(CCNC(=O)COC(=O)CC(NC(N)=O)c2ccc(Cl)cc2)cc1OC. The molecule has 0 aromatic heterocycles. The van der Waals surface area contributed by atoms with Crippen LogP contribution in [-0.4, -0.2) is 45.3 Å². The molecule has 3 amide bonds. The number of carbonyl (C=O) groups is 3. The van der Waals surface area contributed by atoms with Crippen LogP contribution < -0.4 is 25.8 Å². The van der Waals surface area contributed by atoms with E-state index in [2.05, 4.69) is 10.6 Å². The zero-order chi connectivity index (χ0) is 23.5. The third kappa shape index (κ3) is 7.99. The molecule has 0 heterocycles. The van der Waals surface area contributed by atoms with Gasteiger partial charge in [0.25, 0.3) is 5.91 Å². The molecule has 1 unspecified atom stereocenters. The Kier molecular flexibility index (Phi) is 9.62. The molecule has 172 valence electrons. The fourth-order valence-electron chi connectivity index (χ4n) is 2.92. The van der Waals surface area contributed by atoms with Crippen molar-refractivity contribution in [3.8, 4) is 11.5 Å². The Hall–Kier alpha value is -3.46. The number of methoxy groups -OCH3 is 2. The summed E-state index contributed by atoms with van der Waals surface area (Å²) >= 11 is 5.86. The Labute approximate surface area is 191 Å². The van der Waals surface area contributed by atoms with Crippen LogP contribution in [0.1, 0.15) is 23.6 Å². The van der Waals surface area contributed by atoms with E-state index in [1.54, 1.807) is 44.6 Å². The normalized spacial score (nSPS) is 11.2. The summed E-state index contributed by atoms with van der Waals surface area (Å²) in [6.07, 6.45) is 0.366. The van der Waals surface area contributed by atoms with Crippen molar-refractivity contribution in [1.29, 1.82) is 0 Å². The van der Waals surface area contributed by atoms with E-state index in [1.807, 2.05) is 12.1 Å². The van der Waals surface area contributed by atoms with Crippen molar-refractivity contribution in [2.24, 2.45) is 5.73 Å². The number of amides is 3. The van der Waals surface area contributed by atoms with Crippen LogP contribution in [0, 0.1) is 0 Å². The Morgan fingerprint density at radius 3 is 2.34 bits per heavy atom. The Morgan fingerprint density at radius 1 is 1.03 bits per heavy atom. The van der Waals surface area contributed by atoms with Crippen molar-refractivity contribution >= 4 is 29.5 Å². The molecule has 0 aliphatic heterocycles. The van der Waals surface area contributed by atoms with E-state index < -0.39 is 30.6 Å². The third-order valence-corrected chi connectivity index (χ3v) is 4.76. The minimum atomic E-state index is -0.786. The second-order valence-electron chi connectivity index (χ2n) is 6.77. The molecule has 2 aromatic rings. The van der Waals surface area contributed by atoms with Gasteiger partial charge in [0.1, 0.15) is 0 Å². The van der Waals surface area contributed by atoms with Gasteiger partial charge in [0, 0.05) is 11.6 Å². The number of rotatable bonds is 11. The molecule has 4 N–H and O–H groups in total. The molecule has 0 aliphatic rings. The summed E-state index contributed by atoms with van der Waals surface area (Å²) in [7, 11) is 3.11. The van der Waals surface area contributed by atoms with E-state index in [4.69, 9.17) is 31.5 Å². The topological polar surface area (TPSA) is 129 Å². The standard InChI is InChI=1S/C22H26ClN3O6/c1-30-18-8-3-14(11-19(18)31-2)9-10-25-20(27)13-32-21(28)12-17(26-22(24)29)15-4-6-16(23)7-5-15/h3-8,11,17H,9-10,12-13H2,1-2H3,(H,25,27)(H3,24,26,29). The zero-order valence-electron chi connectivity index (χ0n) is 17.9. The van der Waals surface area contributed by atoms with Gasteiger partial charge in [-0.15, -0.1) is 0 Å². The van der Waals surface area contributed by atoms with E-state index in [0.717, 1.165) is 5.56 Å². The highest BCUT2D eigenvalue weighted by atomic mass is 35.5. The zero-order valence-corrected chi connectivity index (χ0v) is 18.6.